The number of rotatable bonds is 4. The summed E-state index contributed by atoms with van der Waals surface area (Å²) >= 11 is 0. The number of halogens is 1. The van der Waals surface area contributed by atoms with Crippen molar-refractivity contribution in [3.8, 4) is 0 Å². The number of urea groups is 1. The Balaban J connectivity index is 1.51. The van der Waals surface area contributed by atoms with Crippen LogP contribution in [-0.2, 0) is 11.3 Å². The Kier molecular flexibility index (Phi) is 5.66. The number of hydrogen-bond acceptors (Lipinski definition) is 2. The van der Waals surface area contributed by atoms with Crippen molar-refractivity contribution in [2.24, 2.45) is 0 Å². The molecule has 0 radical (unpaired) electrons. The molecule has 4 nitrogen and oxygen atoms in total. The third-order valence-electron chi connectivity index (χ3n) is 4.34. The highest BCUT2D eigenvalue weighted by Gasteiger charge is 2.24. The first-order valence-corrected chi connectivity index (χ1v) is 8.59. The maximum absolute atomic E-state index is 13.2. The normalized spacial score (nSPS) is 17.4. The van der Waals surface area contributed by atoms with Gasteiger partial charge in [0.05, 0.1) is 12.7 Å². The van der Waals surface area contributed by atoms with Gasteiger partial charge in [-0.05, 0) is 49.6 Å². The van der Waals surface area contributed by atoms with Crippen molar-refractivity contribution < 1.29 is 13.9 Å². The quantitative estimate of drug-likeness (QED) is 0.898. The predicted octanol–water partition coefficient (Wildman–Crippen LogP) is 4.35. The van der Waals surface area contributed by atoms with Gasteiger partial charge >= 0.3 is 6.03 Å². The number of benzene rings is 2. The maximum atomic E-state index is 13.2. The SMILES string of the molecule is Cc1ccc(NC(=O)N2CCCC(OCc3cccc(F)c3)C2)cc1. The fourth-order valence-corrected chi connectivity index (χ4v) is 2.94. The summed E-state index contributed by atoms with van der Waals surface area (Å²) in [5, 5.41) is 2.92. The van der Waals surface area contributed by atoms with Gasteiger partial charge < -0.3 is 15.0 Å². The highest BCUT2D eigenvalue weighted by molar-refractivity contribution is 5.89. The molecule has 0 spiro atoms. The fraction of sp³-hybridized carbons (Fsp3) is 0.350. The average molecular weight is 342 g/mol. The maximum Gasteiger partial charge on any atom is 0.321 e. The van der Waals surface area contributed by atoms with Crippen LogP contribution in [0, 0.1) is 12.7 Å². The Morgan fingerprint density at radius 2 is 2.08 bits per heavy atom. The van der Waals surface area contributed by atoms with E-state index in [1.54, 1.807) is 11.0 Å². The third-order valence-corrected chi connectivity index (χ3v) is 4.34. The summed E-state index contributed by atoms with van der Waals surface area (Å²) < 4.78 is 19.1. The number of amides is 2. The minimum atomic E-state index is -0.260. The second kappa shape index (κ2) is 8.12. The fourth-order valence-electron chi connectivity index (χ4n) is 2.94. The summed E-state index contributed by atoms with van der Waals surface area (Å²) in [6, 6.07) is 14.0. The number of anilines is 1. The molecule has 2 aromatic rings. The van der Waals surface area contributed by atoms with Crippen LogP contribution in [-0.4, -0.2) is 30.1 Å². The first-order valence-electron chi connectivity index (χ1n) is 8.59. The molecule has 2 aromatic carbocycles. The zero-order valence-corrected chi connectivity index (χ0v) is 14.4. The molecule has 0 aliphatic carbocycles. The number of carbonyl (C=O) groups excluding carboxylic acids is 1. The molecule has 0 aromatic heterocycles. The van der Waals surface area contributed by atoms with Gasteiger partial charge in [0.2, 0.25) is 0 Å². The van der Waals surface area contributed by atoms with Crippen LogP contribution in [0.15, 0.2) is 48.5 Å². The van der Waals surface area contributed by atoms with Gasteiger partial charge in [-0.25, -0.2) is 9.18 Å². The lowest BCUT2D eigenvalue weighted by Gasteiger charge is -2.32. The van der Waals surface area contributed by atoms with Crippen molar-refractivity contribution in [3.63, 3.8) is 0 Å². The molecule has 1 unspecified atom stereocenters. The van der Waals surface area contributed by atoms with Crippen LogP contribution < -0.4 is 5.32 Å². The number of likely N-dealkylation sites (tertiary alicyclic amines) is 1. The topological polar surface area (TPSA) is 41.6 Å². The summed E-state index contributed by atoms with van der Waals surface area (Å²) in [6.07, 6.45) is 1.78. The van der Waals surface area contributed by atoms with Crippen molar-refractivity contribution in [1.29, 1.82) is 0 Å². The summed E-state index contributed by atoms with van der Waals surface area (Å²) in [4.78, 5) is 14.2. The van der Waals surface area contributed by atoms with Gasteiger partial charge in [-0.2, -0.15) is 0 Å². The van der Waals surface area contributed by atoms with Crippen molar-refractivity contribution in [3.05, 3.63) is 65.5 Å². The Hall–Kier alpha value is -2.40. The van der Waals surface area contributed by atoms with Crippen LogP contribution in [0.4, 0.5) is 14.9 Å². The molecule has 132 valence electrons. The van der Waals surface area contributed by atoms with Crippen LogP contribution in [0.25, 0.3) is 0 Å². The molecule has 1 fully saturated rings. The molecule has 1 saturated heterocycles. The molecule has 25 heavy (non-hydrogen) atoms. The van der Waals surface area contributed by atoms with Gasteiger partial charge in [0.25, 0.3) is 0 Å². The lowest BCUT2D eigenvalue weighted by Crippen LogP contribution is -2.45. The smallest absolute Gasteiger partial charge is 0.321 e. The van der Waals surface area contributed by atoms with Gasteiger partial charge in [0.1, 0.15) is 5.82 Å². The average Bonchev–Trinajstić information content (AvgIpc) is 2.62. The number of ether oxygens (including phenoxy) is 1. The zero-order valence-electron chi connectivity index (χ0n) is 14.4. The molecule has 3 rings (SSSR count). The van der Waals surface area contributed by atoms with Crippen molar-refractivity contribution in [2.45, 2.75) is 32.5 Å². The number of nitrogens with zero attached hydrogens (tertiary/aromatic N) is 1. The Bertz CT molecular complexity index is 718. The summed E-state index contributed by atoms with van der Waals surface area (Å²) in [7, 11) is 0. The monoisotopic (exact) mass is 342 g/mol. The molecular formula is C20H23FN2O2. The van der Waals surface area contributed by atoms with E-state index in [2.05, 4.69) is 5.32 Å². The van der Waals surface area contributed by atoms with Crippen LogP contribution in [0.2, 0.25) is 0 Å². The van der Waals surface area contributed by atoms with Gasteiger partial charge in [-0.3, -0.25) is 0 Å². The van der Waals surface area contributed by atoms with Crippen LogP contribution >= 0.6 is 0 Å². The molecule has 0 saturated carbocycles. The number of hydrogen-bond donors (Lipinski definition) is 1. The molecule has 1 aliphatic rings. The van der Waals surface area contributed by atoms with E-state index in [0.717, 1.165) is 36.2 Å². The van der Waals surface area contributed by atoms with E-state index in [0.29, 0.717) is 13.2 Å². The largest absolute Gasteiger partial charge is 0.372 e. The minimum Gasteiger partial charge on any atom is -0.372 e. The second-order valence-electron chi connectivity index (χ2n) is 6.45. The van der Waals surface area contributed by atoms with Gasteiger partial charge in [-0.1, -0.05) is 29.8 Å². The van der Waals surface area contributed by atoms with Crippen LogP contribution in [0.5, 0.6) is 0 Å². The standard InChI is InChI=1S/C20H23FN2O2/c1-15-7-9-18(10-8-15)22-20(24)23-11-3-6-19(13-23)25-14-16-4-2-5-17(21)12-16/h2,4-5,7-10,12,19H,3,6,11,13-14H2,1H3,(H,22,24). The highest BCUT2D eigenvalue weighted by atomic mass is 19.1. The van der Waals surface area contributed by atoms with Gasteiger partial charge in [0, 0.05) is 18.8 Å². The number of piperidine rings is 1. The van der Waals surface area contributed by atoms with E-state index in [4.69, 9.17) is 4.74 Å². The lowest BCUT2D eigenvalue weighted by molar-refractivity contribution is 0.000934. The number of carbonyl (C=O) groups is 1. The van der Waals surface area contributed by atoms with E-state index >= 15 is 0 Å². The van der Waals surface area contributed by atoms with Gasteiger partial charge in [-0.15, -0.1) is 0 Å². The Labute approximate surface area is 147 Å². The molecule has 1 heterocycles. The van der Waals surface area contributed by atoms with Gasteiger partial charge in [0.15, 0.2) is 0 Å². The summed E-state index contributed by atoms with van der Waals surface area (Å²) in [6.45, 7) is 3.64. The van der Waals surface area contributed by atoms with E-state index in [9.17, 15) is 9.18 Å². The Morgan fingerprint density at radius 3 is 2.84 bits per heavy atom. The van der Waals surface area contributed by atoms with Crippen LogP contribution in [0.1, 0.15) is 24.0 Å². The molecule has 5 heteroatoms. The van der Waals surface area contributed by atoms with E-state index in [1.165, 1.54) is 12.1 Å². The molecule has 1 N–H and O–H groups in total. The lowest BCUT2D eigenvalue weighted by atomic mass is 10.1. The molecule has 0 bridgehead atoms. The first-order chi connectivity index (χ1) is 12.1. The highest BCUT2D eigenvalue weighted by Crippen LogP contribution is 2.17. The number of nitrogens with one attached hydrogen (secondary N) is 1. The van der Waals surface area contributed by atoms with Crippen molar-refractivity contribution in [2.75, 3.05) is 18.4 Å². The second-order valence-corrected chi connectivity index (χ2v) is 6.45. The van der Waals surface area contributed by atoms with E-state index < -0.39 is 0 Å². The first kappa shape index (κ1) is 17.4. The summed E-state index contributed by atoms with van der Waals surface area (Å²) in [5.41, 5.74) is 2.75. The van der Waals surface area contributed by atoms with Crippen molar-refractivity contribution >= 4 is 11.7 Å². The third kappa shape index (κ3) is 5.03. The minimum absolute atomic E-state index is 0.0271. The molecule has 1 atom stereocenters. The number of aryl methyl sites for hydroxylation is 1. The van der Waals surface area contributed by atoms with Crippen molar-refractivity contribution in [1.82, 2.24) is 4.90 Å². The van der Waals surface area contributed by atoms with E-state index in [-0.39, 0.29) is 18.0 Å². The van der Waals surface area contributed by atoms with E-state index in [1.807, 2.05) is 37.3 Å². The Morgan fingerprint density at radius 1 is 1.28 bits per heavy atom. The molecule has 2 amide bonds. The molecule has 1 aliphatic heterocycles. The summed E-state index contributed by atoms with van der Waals surface area (Å²) in [5.74, 6) is -0.260. The predicted molar refractivity (Wildman–Crippen MR) is 96.0 cm³/mol. The molecular weight excluding hydrogens is 319 g/mol. The zero-order chi connectivity index (χ0) is 17.6. The van der Waals surface area contributed by atoms with Crippen LogP contribution in [0.3, 0.4) is 0 Å².